The largest absolute Gasteiger partial charge is 0.395 e. The molecule has 0 bridgehead atoms. The van der Waals surface area contributed by atoms with Gasteiger partial charge in [-0.25, -0.2) is 0 Å². The summed E-state index contributed by atoms with van der Waals surface area (Å²) in [7, 11) is 11.0. The maximum Gasteiger partial charge on any atom is 0.219 e. The van der Waals surface area contributed by atoms with Crippen molar-refractivity contribution in [1.82, 2.24) is 98.8 Å². The van der Waals surface area contributed by atoms with Crippen molar-refractivity contribution in [3.63, 3.8) is 0 Å². The second-order valence-corrected chi connectivity index (χ2v) is 56.4. The first-order valence-corrected chi connectivity index (χ1v) is 58.9. The number of ketones is 1. The van der Waals surface area contributed by atoms with Crippen LogP contribution < -0.4 is 10.6 Å². The number of nitrogens with one attached hydrogen (secondary N) is 2. The first-order valence-electron chi connectivity index (χ1n) is 58.9. The molecule has 2 amide bonds. The Morgan fingerprint density at radius 3 is 0.931 bits per heavy atom. The minimum Gasteiger partial charge on any atom is -0.395 e. The quantitative estimate of drug-likeness (QED) is 0.178. The second-order valence-electron chi connectivity index (χ2n) is 56.4. The Bertz CT molecular complexity index is 3590. The van der Waals surface area contributed by atoms with Gasteiger partial charge in [0.25, 0.3) is 0 Å². The number of aliphatic hydroxyl groups excluding tert-OH is 1. The fraction of sp³-hybridized carbons (Fsp3) is 0.926. The van der Waals surface area contributed by atoms with Gasteiger partial charge < -0.3 is 50.0 Å². The van der Waals surface area contributed by atoms with Crippen molar-refractivity contribution in [1.29, 1.82) is 0 Å². The number of aliphatic hydroxyl groups is 1. The Balaban J connectivity index is 0.000000286. The van der Waals surface area contributed by atoms with Gasteiger partial charge in [-0.05, 0) is 324 Å². The van der Waals surface area contributed by atoms with E-state index < -0.39 is 0 Å². The maximum atomic E-state index is 11.3. The van der Waals surface area contributed by atoms with Crippen LogP contribution in [0.25, 0.3) is 0 Å². The number of rotatable bonds is 10. The monoisotopic (exact) mass is 2040 g/mol. The van der Waals surface area contributed by atoms with Crippen LogP contribution in [0.5, 0.6) is 0 Å². The summed E-state index contributed by atoms with van der Waals surface area (Å²) in [5, 5.41) is 15.7. The Morgan fingerprint density at radius 2 is 0.648 bits per heavy atom. The number of likely N-dealkylation sites (N-methyl/N-ethyl adjacent to an activating group) is 1. The van der Waals surface area contributed by atoms with Gasteiger partial charge in [-0.2, -0.15) is 0 Å². The molecule has 11 saturated heterocycles. The molecular formula is C121H242N20O4. The van der Waals surface area contributed by atoms with Gasteiger partial charge in [-0.1, -0.05) is 118 Å². The highest BCUT2D eigenvalue weighted by atomic mass is 16.3. The number of likely N-dealkylation sites (tertiary alicyclic amines) is 7. The summed E-state index contributed by atoms with van der Waals surface area (Å²) in [6.07, 6.45) is 28.4. The molecule has 0 spiro atoms. The van der Waals surface area contributed by atoms with Crippen molar-refractivity contribution in [2.24, 2.45) is 21.7 Å². The topological polar surface area (TPSA) is 154 Å². The van der Waals surface area contributed by atoms with E-state index in [4.69, 9.17) is 5.11 Å². The van der Waals surface area contributed by atoms with Crippen LogP contribution in [0.4, 0.5) is 0 Å². The maximum absolute atomic E-state index is 11.3. The summed E-state index contributed by atoms with van der Waals surface area (Å²) in [5.41, 5.74) is 8.27. The Kier molecular flexibility index (Phi) is 56.8. The van der Waals surface area contributed by atoms with E-state index in [1.54, 1.807) is 30.6 Å². The Labute approximate surface area is 897 Å². The molecule has 24 nitrogen and oxygen atoms in total. The summed E-state index contributed by atoms with van der Waals surface area (Å²) in [5.74, 6) is 0.848. The van der Waals surface area contributed by atoms with Crippen LogP contribution in [0, 0.1) is 21.7 Å². The predicted octanol–water partition coefficient (Wildman–Crippen LogP) is 17.5. The number of nitrogens with zero attached hydrogens (tertiary/aromatic N) is 18. The van der Waals surface area contributed by atoms with Crippen LogP contribution in [-0.2, 0) is 14.4 Å². The van der Waals surface area contributed by atoms with E-state index in [-0.39, 0.29) is 22.9 Å². The van der Waals surface area contributed by atoms with Gasteiger partial charge in [0, 0.05) is 318 Å². The van der Waals surface area contributed by atoms with Crippen molar-refractivity contribution in [2.75, 3.05) is 291 Å². The fourth-order valence-electron chi connectivity index (χ4n) is 23.3. The number of amides is 2. The van der Waals surface area contributed by atoms with E-state index in [0.29, 0.717) is 62.2 Å². The molecule has 0 aliphatic carbocycles. The molecule has 14 aliphatic rings. The zero-order valence-electron chi connectivity index (χ0n) is 103. The summed E-state index contributed by atoms with van der Waals surface area (Å²) in [4.78, 5) is 77.8. The van der Waals surface area contributed by atoms with Crippen molar-refractivity contribution in [3.05, 3.63) is 34.9 Å². The number of piperidine rings is 7. The molecule has 0 aromatic heterocycles. The van der Waals surface area contributed by atoms with Gasteiger partial charge in [0.05, 0.1) is 6.61 Å². The van der Waals surface area contributed by atoms with Gasteiger partial charge in [0.1, 0.15) is 5.78 Å². The molecule has 0 saturated carbocycles. The third-order valence-corrected chi connectivity index (χ3v) is 33.9. The average molecular weight is 2040 g/mol. The minimum atomic E-state index is 0.202. The highest BCUT2D eigenvalue weighted by Crippen LogP contribution is 2.35. The molecule has 3 N–H and O–H groups in total. The van der Waals surface area contributed by atoms with Crippen molar-refractivity contribution in [3.8, 4) is 0 Å². The molecule has 0 aromatic rings. The molecule has 0 atom stereocenters. The number of carbonyl (C=O) groups is 3. The fourth-order valence-corrected chi connectivity index (χ4v) is 23.3. The van der Waals surface area contributed by atoms with Crippen LogP contribution in [0.1, 0.15) is 345 Å². The van der Waals surface area contributed by atoms with Crippen LogP contribution in [-0.4, -0.2) is 477 Å². The van der Waals surface area contributed by atoms with Gasteiger partial charge in [-0.3, -0.25) is 68.3 Å². The van der Waals surface area contributed by atoms with Gasteiger partial charge in [0.15, 0.2) is 0 Å². The smallest absolute Gasteiger partial charge is 0.219 e. The van der Waals surface area contributed by atoms with Crippen LogP contribution >= 0.6 is 0 Å². The van der Waals surface area contributed by atoms with E-state index in [9.17, 15) is 14.4 Å². The number of hydrogen-bond donors (Lipinski definition) is 3. The van der Waals surface area contributed by atoms with E-state index in [0.717, 1.165) is 160 Å². The molecule has 145 heavy (non-hydrogen) atoms. The van der Waals surface area contributed by atoms with Crippen LogP contribution in [0.15, 0.2) is 34.9 Å². The third-order valence-electron chi connectivity index (χ3n) is 33.9. The lowest BCUT2D eigenvalue weighted by atomic mass is 9.83. The molecule has 14 heterocycles. The summed E-state index contributed by atoms with van der Waals surface area (Å²) in [6.45, 7) is 120. The van der Waals surface area contributed by atoms with Gasteiger partial charge in [0.2, 0.25) is 11.8 Å². The first kappa shape index (κ1) is 133. The lowest BCUT2D eigenvalue weighted by Crippen LogP contribution is -2.55. The molecule has 24 heteroatoms. The standard InChI is InChI=1S/C16H33N3.C15H29N3O.C15H31N3O.C13H27N3.C12H26N2.C12H23N.C10H20N2O.C10H19N.C9H17NO.C9H17N/c1-16(2,3)19-12-8-15(9-13-19)18-10-6-14(7-11-18)17(4)5;1-13(19)16-9-11-17(12-10-16)14-5-7-18(8-6-14)15(2,3)4;1-15(2,3)18-6-4-14(5-7-18)17-10-8-16(9-11-17)12-13-19;1-13(2,3)16-8-4-12(5-9-16)15-10-6-14-7-11-15;1-12(2,3)10-14-8-6-11(7-9-14)13(4)5;1-10(2)13-8-6-11(7-9-13)12(3,4)5;1-9(13)11-5-7-12(8-6-11)10(2,3)4;1-10(2,3)9-5-7-11(4)8-6-9;1-9(2,3)10-6-4-8(11)5-7-10;1-9(2,3)8-4-6-10-7-5-8/h14-15H,6-13H2,1-5H3;14H,5-12H2,1-4H3;14,19H,4-13H2,1-3H3;12,14H,4-11H2,1-3H3;11H,6-10H2,1-5H3;6,10H,7-9H2,1-5H3;5-8H2,1-4H3;5H,6-8H2,1-4H3;4-7H2,1-3H3;4,10H,5-7H2,1-3H3. The summed E-state index contributed by atoms with van der Waals surface area (Å²) in [6, 6.07) is 5.53. The molecule has 0 aromatic carbocycles. The lowest BCUT2D eigenvalue weighted by molar-refractivity contribution is -0.132. The van der Waals surface area contributed by atoms with Crippen LogP contribution in [0.2, 0.25) is 0 Å². The second kappa shape index (κ2) is 62.1. The van der Waals surface area contributed by atoms with E-state index >= 15 is 0 Å². The van der Waals surface area contributed by atoms with Crippen molar-refractivity contribution >= 4 is 17.6 Å². The minimum absolute atomic E-state index is 0.202. The highest BCUT2D eigenvalue weighted by molar-refractivity contribution is 5.79. The SMILES string of the molecule is CC(=O)N1CCN(C(C)(C)C)CC1.CC(=O)N1CCN(C2CCN(C(C)(C)C)CC2)CC1.CC(C)(C)C1=CCNCC1.CC(C)(C)N1CCC(=O)CC1.CC(C)(C)N1CCC(N2CCN(CCO)CC2)CC1.CC(C)(C)N1CCC(N2CCNCC2)CC1.CC(C)N1CC=C(C(C)(C)C)CC1.CN(C)C1CCN(C2CCN(C(C)(C)C)CC2)CC1.CN(C)C1CCN(CC(C)(C)C)CC1.CN1CC=C(C(C)(C)C)CC1. The molecule has 14 rings (SSSR count). The molecule has 0 unspecified atom stereocenters. The van der Waals surface area contributed by atoms with E-state index in [1.165, 1.54) is 234 Å². The van der Waals surface area contributed by atoms with Crippen molar-refractivity contribution < 1.29 is 19.5 Å². The zero-order chi connectivity index (χ0) is 109. The summed E-state index contributed by atoms with van der Waals surface area (Å²) < 4.78 is 0. The number of β-amino-alcohol motifs (C(OH)–C–C–N with tert-alkyl or cyclic N) is 1. The molecule has 850 valence electrons. The van der Waals surface area contributed by atoms with Crippen LogP contribution in [0.3, 0.4) is 0 Å². The van der Waals surface area contributed by atoms with Gasteiger partial charge >= 0.3 is 0 Å². The number of hydrogen-bond acceptors (Lipinski definition) is 22. The average Bonchev–Trinajstić information content (AvgIpc) is 0.745. The number of carbonyl (C=O) groups excluding carboxylic acids is 3. The molecular weight excluding hydrogens is 1800 g/mol. The first-order chi connectivity index (χ1) is 67.1. The van der Waals surface area contributed by atoms with E-state index in [2.05, 4.69) is 364 Å². The Morgan fingerprint density at radius 1 is 0.338 bits per heavy atom. The molecule has 0 radical (unpaired) electrons. The van der Waals surface area contributed by atoms with Gasteiger partial charge in [-0.15, -0.1) is 0 Å². The van der Waals surface area contributed by atoms with Crippen molar-refractivity contribution in [2.45, 2.75) is 420 Å². The third kappa shape index (κ3) is 51.1. The molecule has 11 fully saturated rings. The number of Topliss-reactive ketones (excluding diaryl/α,β-unsaturated/α-hetero) is 1. The normalized spacial score (nSPS) is 23.6. The zero-order valence-corrected chi connectivity index (χ0v) is 103. The predicted molar refractivity (Wildman–Crippen MR) is 624 cm³/mol. The van der Waals surface area contributed by atoms with E-state index in [1.807, 2.05) is 9.80 Å². The Hall–Kier alpha value is -2.93. The number of piperazine rings is 4. The highest BCUT2D eigenvalue weighted by Gasteiger charge is 2.39. The molecule has 14 aliphatic heterocycles. The lowest BCUT2D eigenvalue weighted by Gasteiger charge is -2.46. The summed E-state index contributed by atoms with van der Waals surface area (Å²) >= 11 is 0.